The molecule has 0 unspecified atom stereocenters. The number of nitrogens with one attached hydrogen (secondary N) is 1. The first-order valence-electron chi connectivity index (χ1n) is 4.85. The molecule has 0 radical (unpaired) electrons. The van der Waals surface area contributed by atoms with E-state index in [9.17, 15) is 9.59 Å². The quantitative estimate of drug-likeness (QED) is 0.870. The fraction of sp³-hybridized carbons (Fsp3) is 0.167. The van der Waals surface area contributed by atoms with Gasteiger partial charge in [-0.25, -0.2) is 0 Å². The van der Waals surface area contributed by atoms with Crippen LogP contribution in [-0.2, 0) is 4.79 Å². The van der Waals surface area contributed by atoms with Crippen LogP contribution in [0.15, 0.2) is 41.8 Å². The molecule has 1 aromatic rings. The van der Waals surface area contributed by atoms with E-state index in [1.54, 1.807) is 23.6 Å². The van der Waals surface area contributed by atoms with E-state index in [1.807, 2.05) is 18.2 Å². The van der Waals surface area contributed by atoms with E-state index in [0.29, 0.717) is 12.1 Å². The number of thioether (sulfide) groups is 1. The summed E-state index contributed by atoms with van der Waals surface area (Å²) in [6.45, 7) is 1.90. The van der Waals surface area contributed by atoms with E-state index in [1.165, 1.54) is 6.92 Å². The summed E-state index contributed by atoms with van der Waals surface area (Å²) in [6.07, 6.45) is 1.74. The molecule has 0 atom stereocenters. The van der Waals surface area contributed by atoms with Gasteiger partial charge in [-0.05, 0) is 5.41 Å². The highest BCUT2D eigenvalue weighted by molar-refractivity contribution is 8.16. The van der Waals surface area contributed by atoms with Gasteiger partial charge in [0.1, 0.15) is 0 Å². The van der Waals surface area contributed by atoms with Crippen molar-refractivity contribution in [2.45, 2.75) is 6.92 Å². The molecule has 4 heteroatoms. The Morgan fingerprint density at radius 2 is 2.00 bits per heavy atom. The van der Waals surface area contributed by atoms with Crippen molar-refractivity contribution in [1.82, 2.24) is 5.32 Å². The molecule has 0 saturated heterocycles. The lowest BCUT2D eigenvalue weighted by Crippen LogP contribution is -2.19. The Kier molecular flexibility index (Phi) is 5.36. The predicted molar refractivity (Wildman–Crippen MR) is 66.2 cm³/mol. The summed E-state index contributed by atoms with van der Waals surface area (Å²) in [7, 11) is 0. The van der Waals surface area contributed by atoms with E-state index in [-0.39, 0.29) is 11.0 Å². The van der Waals surface area contributed by atoms with Crippen LogP contribution in [0.1, 0.15) is 17.3 Å². The molecule has 0 heterocycles. The lowest BCUT2D eigenvalue weighted by molar-refractivity contribution is -0.118. The first-order chi connectivity index (χ1) is 7.70. The van der Waals surface area contributed by atoms with Crippen LogP contribution in [-0.4, -0.2) is 17.6 Å². The number of hydrogen-bond donors (Lipinski definition) is 1. The minimum atomic E-state index is -0.0796. The zero-order valence-corrected chi connectivity index (χ0v) is 9.79. The van der Waals surface area contributed by atoms with E-state index in [2.05, 4.69) is 5.32 Å². The van der Waals surface area contributed by atoms with Gasteiger partial charge < -0.3 is 5.32 Å². The maximum Gasteiger partial charge on any atom is 0.223 e. The molecule has 1 rings (SSSR count). The average Bonchev–Trinajstić information content (AvgIpc) is 2.29. The summed E-state index contributed by atoms with van der Waals surface area (Å²) < 4.78 is 0. The highest BCUT2D eigenvalue weighted by Crippen LogP contribution is 2.12. The number of amides is 1. The third kappa shape index (κ3) is 4.79. The molecule has 16 heavy (non-hydrogen) atoms. The standard InChI is InChI=1S/C12H13NO2S/c1-10(14)13-8-5-9-16-12(15)11-6-3-2-4-7-11/h2-7,9H,8H2,1H3,(H,13,14)/b9-5-. The third-order valence-electron chi connectivity index (χ3n) is 1.75. The zero-order valence-electron chi connectivity index (χ0n) is 8.97. The largest absolute Gasteiger partial charge is 0.353 e. The number of carbonyl (C=O) groups excluding carboxylic acids is 2. The predicted octanol–water partition coefficient (Wildman–Crippen LogP) is 2.21. The Labute approximate surface area is 98.9 Å². The molecular formula is C12H13NO2S. The molecule has 0 spiro atoms. The number of benzene rings is 1. The summed E-state index contributed by atoms with van der Waals surface area (Å²) in [5, 5.41) is 4.29. The molecule has 0 aliphatic carbocycles. The van der Waals surface area contributed by atoms with E-state index < -0.39 is 0 Å². The molecule has 0 fully saturated rings. The van der Waals surface area contributed by atoms with Gasteiger partial charge in [0.05, 0.1) is 0 Å². The van der Waals surface area contributed by atoms with Crippen molar-refractivity contribution >= 4 is 22.8 Å². The second-order valence-corrected chi connectivity index (χ2v) is 3.96. The van der Waals surface area contributed by atoms with Gasteiger partial charge in [0.15, 0.2) is 0 Å². The third-order valence-corrected chi connectivity index (χ3v) is 2.53. The molecule has 84 valence electrons. The molecule has 0 bridgehead atoms. The molecule has 0 aromatic heterocycles. The summed E-state index contributed by atoms with van der Waals surface area (Å²) in [6, 6.07) is 9.08. The Hall–Kier alpha value is -1.55. The van der Waals surface area contributed by atoms with Gasteiger partial charge in [-0.2, -0.15) is 0 Å². The van der Waals surface area contributed by atoms with E-state index in [0.717, 1.165) is 11.8 Å². The SMILES string of the molecule is CC(=O)NC/C=C\SC(=O)c1ccccc1. The van der Waals surface area contributed by atoms with Crippen molar-refractivity contribution in [3.63, 3.8) is 0 Å². The normalized spacial score (nSPS) is 10.3. The first-order valence-corrected chi connectivity index (χ1v) is 5.73. The summed E-state index contributed by atoms with van der Waals surface area (Å²) in [5.74, 6) is -0.0796. The lowest BCUT2D eigenvalue weighted by atomic mass is 10.2. The topological polar surface area (TPSA) is 46.2 Å². The van der Waals surface area contributed by atoms with Gasteiger partial charge in [0, 0.05) is 19.0 Å². The second-order valence-electron chi connectivity index (χ2n) is 3.08. The van der Waals surface area contributed by atoms with E-state index in [4.69, 9.17) is 0 Å². The summed E-state index contributed by atoms with van der Waals surface area (Å²) in [5.41, 5.74) is 0.677. The Bertz CT molecular complexity index is 387. The lowest BCUT2D eigenvalue weighted by Gasteiger charge is -1.96. The van der Waals surface area contributed by atoms with Gasteiger partial charge in [0.2, 0.25) is 11.0 Å². The van der Waals surface area contributed by atoms with Crippen molar-refractivity contribution in [1.29, 1.82) is 0 Å². The fourth-order valence-electron chi connectivity index (χ4n) is 1.00. The molecule has 0 saturated carbocycles. The average molecular weight is 235 g/mol. The van der Waals surface area contributed by atoms with Gasteiger partial charge in [-0.3, -0.25) is 9.59 Å². The monoisotopic (exact) mass is 235 g/mol. The highest BCUT2D eigenvalue weighted by Gasteiger charge is 2.01. The Morgan fingerprint density at radius 1 is 1.31 bits per heavy atom. The minimum absolute atomic E-state index is 0.000301. The van der Waals surface area contributed by atoms with Crippen LogP contribution >= 0.6 is 11.8 Å². The van der Waals surface area contributed by atoms with Crippen LogP contribution < -0.4 is 5.32 Å². The number of hydrogen-bond acceptors (Lipinski definition) is 3. The van der Waals surface area contributed by atoms with Crippen molar-refractivity contribution in [3.05, 3.63) is 47.4 Å². The van der Waals surface area contributed by atoms with E-state index >= 15 is 0 Å². The van der Waals surface area contributed by atoms with Crippen LogP contribution in [0.25, 0.3) is 0 Å². The van der Waals surface area contributed by atoms with Crippen molar-refractivity contribution in [2.75, 3.05) is 6.54 Å². The smallest absolute Gasteiger partial charge is 0.223 e. The molecule has 1 amide bonds. The Balaban J connectivity index is 2.33. The summed E-state index contributed by atoms with van der Waals surface area (Å²) in [4.78, 5) is 22.1. The van der Waals surface area contributed by atoms with Crippen molar-refractivity contribution < 1.29 is 9.59 Å². The van der Waals surface area contributed by atoms with Gasteiger partial charge in [-0.15, -0.1) is 0 Å². The fourth-order valence-corrected chi connectivity index (χ4v) is 1.59. The van der Waals surface area contributed by atoms with Crippen LogP contribution in [0, 0.1) is 0 Å². The van der Waals surface area contributed by atoms with Crippen molar-refractivity contribution in [2.24, 2.45) is 0 Å². The summed E-state index contributed by atoms with van der Waals surface area (Å²) >= 11 is 1.11. The molecule has 0 aliphatic rings. The first kappa shape index (κ1) is 12.5. The van der Waals surface area contributed by atoms with Crippen LogP contribution in [0.5, 0.6) is 0 Å². The molecule has 0 aliphatic heterocycles. The number of rotatable bonds is 4. The maximum absolute atomic E-state index is 11.6. The van der Waals surface area contributed by atoms with Crippen molar-refractivity contribution in [3.8, 4) is 0 Å². The number of carbonyl (C=O) groups is 2. The molecular weight excluding hydrogens is 222 g/mol. The van der Waals surface area contributed by atoms with Gasteiger partial charge in [-0.1, -0.05) is 48.2 Å². The highest BCUT2D eigenvalue weighted by atomic mass is 32.2. The van der Waals surface area contributed by atoms with Gasteiger partial charge >= 0.3 is 0 Å². The minimum Gasteiger partial charge on any atom is -0.353 e. The molecule has 3 nitrogen and oxygen atoms in total. The van der Waals surface area contributed by atoms with Crippen LogP contribution in [0.3, 0.4) is 0 Å². The van der Waals surface area contributed by atoms with Crippen LogP contribution in [0.4, 0.5) is 0 Å². The molecule has 1 aromatic carbocycles. The second kappa shape index (κ2) is 6.85. The Morgan fingerprint density at radius 3 is 2.62 bits per heavy atom. The zero-order chi connectivity index (χ0) is 11.8. The molecule has 1 N–H and O–H groups in total. The maximum atomic E-state index is 11.6. The van der Waals surface area contributed by atoms with Gasteiger partial charge in [0.25, 0.3) is 0 Å². The van der Waals surface area contributed by atoms with Crippen LogP contribution in [0.2, 0.25) is 0 Å².